The van der Waals surface area contributed by atoms with Crippen LogP contribution in [0.2, 0.25) is 0 Å². The van der Waals surface area contributed by atoms with E-state index >= 15 is 0 Å². The highest BCUT2D eigenvalue weighted by atomic mass is 16.5. The van der Waals surface area contributed by atoms with Crippen molar-refractivity contribution in [3.05, 3.63) is 48.3 Å². The van der Waals surface area contributed by atoms with Crippen molar-refractivity contribution >= 4 is 17.2 Å². The average molecular weight is 279 g/mol. The Morgan fingerprint density at radius 3 is 3.05 bits per heavy atom. The summed E-state index contributed by atoms with van der Waals surface area (Å²) in [5.41, 5.74) is 4.53. The number of hydrogen-bond acceptors (Lipinski definition) is 3. The second-order valence-electron chi connectivity index (χ2n) is 5.02. The fraction of sp³-hybridized carbons (Fsp3) is 0.125. The number of ether oxygens (including phenoxy) is 1. The van der Waals surface area contributed by atoms with E-state index in [2.05, 4.69) is 10.3 Å². The van der Waals surface area contributed by atoms with Crippen LogP contribution >= 0.6 is 0 Å². The van der Waals surface area contributed by atoms with E-state index < -0.39 is 0 Å². The first-order valence-corrected chi connectivity index (χ1v) is 6.73. The number of pyridine rings is 1. The van der Waals surface area contributed by atoms with Crippen molar-refractivity contribution in [1.82, 2.24) is 9.38 Å². The topological polar surface area (TPSA) is 55.6 Å². The zero-order valence-corrected chi connectivity index (χ0v) is 11.5. The number of nitrogens with zero attached hydrogens (tertiary/aromatic N) is 2. The molecule has 1 aromatic carbocycles. The third-order valence-corrected chi connectivity index (χ3v) is 3.65. The van der Waals surface area contributed by atoms with Gasteiger partial charge in [0.1, 0.15) is 11.4 Å². The number of imidazole rings is 1. The van der Waals surface area contributed by atoms with Gasteiger partial charge >= 0.3 is 0 Å². The first-order chi connectivity index (χ1) is 10.2. The number of amides is 1. The van der Waals surface area contributed by atoms with Gasteiger partial charge in [-0.3, -0.25) is 4.79 Å². The highest BCUT2D eigenvalue weighted by molar-refractivity contribution is 5.96. The number of rotatable bonds is 1. The van der Waals surface area contributed by atoms with Crippen LogP contribution in [0.3, 0.4) is 0 Å². The Balaban J connectivity index is 1.87. The summed E-state index contributed by atoms with van der Waals surface area (Å²) in [6, 6.07) is 11.7. The van der Waals surface area contributed by atoms with E-state index in [0.29, 0.717) is 11.4 Å². The number of nitrogens with one attached hydrogen (secondary N) is 1. The number of aryl methyl sites for hydroxylation is 1. The highest BCUT2D eigenvalue weighted by Crippen LogP contribution is 2.33. The summed E-state index contributed by atoms with van der Waals surface area (Å²) in [6.07, 6.45) is 1.99. The molecule has 5 heteroatoms. The maximum absolute atomic E-state index is 11.4. The molecule has 0 radical (unpaired) electrons. The van der Waals surface area contributed by atoms with Crippen molar-refractivity contribution in [1.29, 1.82) is 0 Å². The van der Waals surface area contributed by atoms with E-state index in [4.69, 9.17) is 4.74 Å². The van der Waals surface area contributed by atoms with E-state index in [1.54, 1.807) is 0 Å². The second kappa shape index (κ2) is 4.34. The largest absolute Gasteiger partial charge is 0.482 e. The minimum Gasteiger partial charge on any atom is -0.482 e. The molecule has 4 rings (SSSR count). The first kappa shape index (κ1) is 12.0. The Labute approximate surface area is 121 Å². The SMILES string of the molecule is Cc1c(-c2ccc3c(c2)NC(=O)CO3)nc2ccccn12. The van der Waals surface area contributed by atoms with Crippen LogP contribution in [-0.4, -0.2) is 21.9 Å². The fourth-order valence-corrected chi connectivity index (χ4v) is 2.62. The minimum absolute atomic E-state index is 0.0692. The maximum atomic E-state index is 11.4. The summed E-state index contributed by atoms with van der Waals surface area (Å²) < 4.78 is 7.42. The number of aromatic nitrogens is 2. The average Bonchev–Trinajstić information content (AvgIpc) is 2.84. The lowest BCUT2D eigenvalue weighted by atomic mass is 10.1. The van der Waals surface area contributed by atoms with Gasteiger partial charge in [0.05, 0.1) is 11.4 Å². The van der Waals surface area contributed by atoms with Gasteiger partial charge in [-0.2, -0.15) is 0 Å². The van der Waals surface area contributed by atoms with Gasteiger partial charge in [-0.1, -0.05) is 6.07 Å². The zero-order chi connectivity index (χ0) is 14.4. The van der Waals surface area contributed by atoms with Crippen molar-refractivity contribution in [2.24, 2.45) is 0 Å². The van der Waals surface area contributed by atoms with Gasteiger partial charge in [-0.25, -0.2) is 4.98 Å². The molecule has 1 aliphatic heterocycles. The second-order valence-corrected chi connectivity index (χ2v) is 5.02. The summed E-state index contributed by atoms with van der Waals surface area (Å²) in [4.78, 5) is 16.1. The van der Waals surface area contributed by atoms with E-state index in [0.717, 1.165) is 22.6 Å². The number of fused-ring (bicyclic) bond motifs is 2. The third-order valence-electron chi connectivity index (χ3n) is 3.65. The molecule has 0 aliphatic carbocycles. The molecule has 1 aliphatic rings. The van der Waals surface area contributed by atoms with Crippen molar-refractivity contribution < 1.29 is 9.53 Å². The first-order valence-electron chi connectivity index (χ1n) is 6.73. The Bertz CT molecular complexity index is 867. The smallest absolute Gasteiger partial charge is 0.262 e. The number of carbonyl (C=O) groups excluding carboxylic acids is 1. The molecule has 0 unspecified atom stereocenters. The third kappa shape index (κ3) is 1.86. The lowest BCUT2D eigenvalue weighted by molar-refractivity contribution is -0.118. The lowest BCUT2D eigenvalue weighted by Gasteiger charge is -2.18. The van der Waals surface area contributed by atoms with Crippen molar-refractivity contribution in [2.75, 3.05) is 11.9 Å². The monoisotopic (exact) mass is 279 g/mol. The van der Waals surface area contributed by atoms with Crippen LogP contribution in [0.15, 0.2) is 42.6 Å². The van der Waals surface area contributed by atoms with Crippen molar-refractivity contribution in [2.45, 2.75) is 6.92 Å². The molecule has 104 valence electrons. The summed E-state index contributed by atoms with van der Waals surface area (Å²) in [5, 5.41) is 2.82. The Hall–Kier alpha value is -2.82. The molecule has 1 N–H and O–H groups in total. The van der Waals surface area contributed by atoms with Gasteiger partial charge in [0.25, 0.3) is 5.91 Å². The van der Waals surface area contributed by atoms with Gasteiger partial charge in [0, 0.05) is 17.5 Å². The summed E-state index contributed by atoms with van der Waals surface area (Å²) in [6.45, 7) is 2.10. The van der Waals surface area contributed by atoms with Crippen LogP contribution < -0.4 is 10.1 Å². The molecular weight excluding hydrogens is 266 g/mol. The predicted octanol–water partition coefficient (Wildman–Crippen LogP) is 2.64. The molecule has 3 aromatic rings. The summed E-state index contributed by atoms with van der Waals surface area (Å²) in [5.74, 6) is 0.561. The molecule has 5 nitrogen and oxygen atoms in total. The van der Waals surface area contributed by atoms with E-state index in [9.17, 15) is 4.79 Å². The van der Waals surface area contributed by atoms with E-state index in [1.165, 1.54) is 0 Å². The van der Waals surface area contributed by atoms with Crippen molar-refractivity contribution in [3.8, 4) is 17.0 Å². The number of benzene rings is 1. The molecule has 0 atom stereocenters. The van der Waals surface area contributed by atoms with Crippen LogP contribution in [0.4, 0.5) is 5.69 Å². The molecule has 0 saturated carbocycles. The maximum Gasteiger partial charge on any atom is 0.262 e. The Kier molecular flexibility index (Phi) is 2.47. The summed E-state index contributed by atoms with van der Waals surface area (Å²) in [7, 11) is 0. The van der Waals surface area contributed by atoms with Crippen molar-refractivity contribution in [3.63, 3.8) is 0 Å². The number of carbonyl (C=O) groups is 1. The normalized spacial score (nSPS) is 13.7. The molecule has 21 heavy (non-hydrogen) atoms. The van der Waals surface area contributed by atoms with E-state index in [1.807, 2.05) is 53.9 Å². The molecule has 0 saturated heterocycles. The van der Waals surface area contributed by atoms with Crippen LogP contribution in [0.5, 0.6) is 5.75 Å². The molecule has 1 amide bonds. The van der Waals surface area contributed by atoms with Gasteiger partial charge in [-0.15, -0.1) is 0 Å². The lowest BCUT2D eigenvalue weighted by Crippen LogP contribution is -2.25. The fourth-order valence-electron chi connectivity index (χ4n) is 2.62. The van der Waals surface area contributed by atoms with Crippen LogP contribution in [-0.2, 0) is 4.79 Å². The quantitative estimate of drug-likeness (QED) is 0.745. The minimum atomic E-state index is -0.133. The van der Waals surface area contributed by atoms with Crippen LogP contribution in [0.1, 0.15) is 5.69 Å². The summed E-state index contributed by atoms with van der Waals surface area (Å²) >= 11 is 0. The van der Waals surface area contributed by atoms with Crippen LogP contribution in [0, 0.1) is 6.92 Å². The van der Waals surface area contributed by atoms with Gasteiger partial charge in [-0.05, 0) is 37.3 Å². The number of anilines is 1. The molecule has 2 aromatic heterocycles. The Morgan fingerprint density at radius 1 is 1.29 bits per heavy atom. The molecule has 0 bridgehead atoms. The highest BCUT2D eigenvalue weighted by Gasteiger charge is 2.18. The Morgan fingerprint density at radius 2 is 2.19 bits per heavy atom. The molecule has 0 spiro atoms. The van der Waals surface area contributed by atoms with Gasteiger partial charge in [0.15, 0.2) is 6.61 Å². The van der Waals surface area contributed by atoms with Crippen LogP contribution in [0.25, 0.3) is 16.9 Å². The molecule has 0 fully saturated rings. The van der Waals surface area contributed by atoms with Gasteiger partial charge in [0.2, 0.25) is 0 Å². The van der Waals surface area contributed by atoms with E-state index in [-0.39, 0.29) is 12.5 Å². The van der Waals surface area contributed by atoms with Gasteiger partial charge < -0.3 is 14.5 Å². The number of hydrogen-bond donors (Lipinski definition) is 1. The molecular formula is C16H13N3O2. The zero-order valence-electron chi connectivity index (χ0n) is 11.5. The molecule has 3 heterocycles. The predicted molar refractivity (Wildman–Crippen MR) is 79.5 cm³/mol. The standard InChI is InChI=1S/C16H13N3O2/c1-10-16(18-14-4-2-3-7-19(10)14)11-5-6-13-12(8-11)17-15(20)9-21-13/h2-8H,9H2,1H3,(H,17,20).